The van der Waals surface area contributed by atoms with Crippen molar-refractivity contribution in [3.63, 3.8) is 0 Å². The first-order valence-electron chi connectivity index (χ1n) is 6.57. The molecule has 0 N–H and O–H groups in total. The molecule has 0 atom stereocenters. The van der Waals surface area contributed by atoms with Crippen molar-refractivity contribution in [2.45, 2.75) is 6.92 Å². The maximum Gasteiger partial charge on any atom is 0.338 e. The molecule has 0 spiro atoms. The highest BCUT2D eigenvalue weighted by Gasteiger charge is 2.04. The van der Waals surface area contributed by atoms with Crippen LogP contribution < -0.4 is 0 Å². The molecule has 0 heterocycles. The number of hydrogen-bond acceptors (Lipinski definition) is 3. The lowest BCUT2D eigenvalue weighted by Crippen LogP contribution is -2.04. The molecule has 0 unspecified atom stereocenters. The van der Waals surface area contributed by atoms with Gasteiger partial charge in [0.1, 0.15) is 6.29 Å². The van der Waals surface area contributed by atoms with Crippen molar-refractivity contribution in [3.05, 3.63) is 70.8 Å². The lowest BCUT2D eigenvalue weighted by Gasteiger charge is -2.00. The van der Waals surface area contributed by atoms with E-state index >= 15 is 0 Å². The van der Waals surface area contributed by atoms with Crippen LogP contribution in [0.3, 0.4) is 0 Å². The molecule has 3 nitrogen and oxygen atoms in total. The third kappa shape index (κ3) is 4.05. The van der Waals surface area contributed by atoms with Crippen molar-refractivity contribution in [3.8, 4) is 11.8 Å². The number of benzene rings is 2. The van der Waals surface area contributed by atoms with E-state index in [1.54, 1.807) is 55.5 Å². The molecule has 2 aromatic carbocycles. The fourth-order valence-corrected chi connectivity index (χ4v) is 1.69. The summed E-state index contributed by atoms with van der Waals surface area (Å²) in [6.45, 7) is 2.13. The lowest BCUT2D eigenvalue weighted by molar-refractivity contribution is 0.0526. The minimum atomic E-state index is -0.332. The van der Waals surface area contributed by atoms with Crippen LogP contribution in [-0.2, 0) is 4.74 Å². The highest BCUT2D eigenvalue weighted by atomic mass is 16.5. The molecule has 104 valence electrons. The van der Waals surface area contributed by atoms with Gasteiger partial charge in [-0.05, 0) is 43.3 Å². The van der Waals surface area contributed by atoms with Crippen LogP contribution in [0.25, 0.3) is 0 Å². The molecular weight excluding hydrogens is 264 g/mol. The van der Waals surface area contributed by atoms with Gasteiger partial charge in [-0.3, -0.25) is 4.79 Å². The molecule has 0 aliphatic heterocycles. The van der Waals surface area contributed by atoms with Crippen molar-refractivity contribution in [2.75, 3.05) is 6.61 Å². The number of hydrogen-bond donors (Lipinski definition) is 0. The summed E-state index contributed by atoms with van der Waals surface area (Å²) in [4.78, 5) is 22.1. The quantitative estimate of drug-likeness (QED) is 0.492. The summed E-state index contributed by atoms with van der Waals surface area (Å²) in [6.07, 6.45) is 0.797. The van der Waals surface area contributed by atoms with Crippen LogP contribution in [0.1, 0.15) is 38.8 Å². The first-order valence-corrected chi connectivity index (χ1v) is 6.57. The largest absolute Gasteiger partial charge is 0.462 e. The lowest BCUT2D eigenvalue weighted by atomic mass is 10.1. The Kier molecular flexibility index (Phi) is 4.89. The van der Waals surface area contributed by atoms with Gasteiger partial charge in [0.25, 0.3) is 0 Å². The zero-order valence-electron chi connectivity index (χ0n) is 11.6. The summed E-state index contributed by atoms with van der Waals surface area (Å²) >= 11 is 0. The van der Waals surface area contributed by atoms with Crippen LogP contribution in [0.5, 0.6) is 0 Å². The molecule has 3 heteroatoms. The Bertz CT molecular complexity index is 686. The fourth-order valence-electron chi connectivity index (χ4n) is 1.69. The van der Waals surface area contributed by atoms with Gasteiger partial charge in [0.2, 0.25) is 0 Å². The fraction of sp³-hybridized carbons (Fsp3) is 0.111. The van der Waals surface area contributed by atoms with Crippen molar-refractivity contribution in [2.24, 2.45) is 0 Å². The predicted octanol–water partition coefficient (Wildman–Crippen LogP) is 3.08. The van der Waals surface area contributed by atoms with E-state index in [2.05, 4.69) is 11.8 Å². The minimum absolute atomic E-state index is 0.332. The average Bonchev–Trinajstić information content (AvgIpc) is 2.54. The summed E-state index contributed by atoms with van der Waals surface area (Å²) in [7, 11) is 0. The maximum absolute atomic E-state index is 11.5. The molecule has 21 heavy (non-hydrogen) atoms. The summed E-state index contributed by atoms with van der Waals surface area (Å²) < 4.78 is 4.92. The molecule has 0 radical (unpaired) electrons. The number of carbonyl (C=O) groups is 2. The van der Waals surface area contributed by atoms with Gasteiger partial charge in [0.15, 0.2) is 0 Å². The van der Waals surface area contributed by atoms with Crippen LogP contribution in [0.2, 0.25) is 0 Å². The van der Waals surface area contributed by atoms with E-state index in [4.69, 9.17) is 4.74 Å². The second kappa shape index (κ2) is 7.06. The van der Waals surface area contributed by atoms with Gasteiger partial charge in [-0.1, -0.05) is 24.0 Å². The Morgan fingerprint density at radius 2 is 1.52 bits per heavy atom. The summed E-state index contributed by atoms with van der Waals surface area (Å²) in [6, 6.07) is 14.0. The van der Waals surface area contributed by atoms with Crippen molar-refractivity contribution in [1.29, 1.82) is 0 Å². The second-order valence-corrected chi connectivity index (χ2v) is 4.29. The maximum atomic E-state index is 11.5. The SMILES string of the molecule is CCOC(=O)c1ccc(C#Cc2ccc(C=O)cc2)cc1. The van der Waals surface area contributed by atoms with Crippen LogP contribution in [0.15, 0.2) is 48.5 Å². The van der Waals surface area contributed by atoms with E-state index in [1.165, 1.54) is 0 Å². The second-order valence-electron chi connectivity index (χ2n) is 4.29. The molecule has 0 saturated heterocycles. The van der Waals surface area contributed by atoms with Crippen molar-refractivity contribution >= 4 is 12.3 Å². The molecule has 0 bridgehead atoms. The summed E-state index contributed by atoms with van der Waals surface area (Å²) in [5.41, 5.74) is 2.77. The zero-order chi connectivity index (χ0) is 15.1. The van der Waals surface area contributed by atoms with E-state index in [9.17, 15) is 9.59 Å². The van der Waals surface area contributed by atoms with Crippen molar-refractivity contribution in [1.82, 2.24) is 0 Å². The molecule has 0 aliphatic rings. The smallest absolute Gasteiger partial charge is 0.338 e. The molecule has 0 aliphatic carbocycles. The third-order valence-corrected chi connectivity index (χ3v) is 2.79. The highest BCUT2D eigenvalue weighted by molar-refractivity contribution is 5.89. The predicted molar refractivity (Wildman–Crippen MR) is 80.2 cm³/mol. The van der Waals surface area contributed by atoms with E-state index < -0.39 is 0 Å². The van der Waals surface area contributed by atoms with Crippen LogP contribution in [-0.4, -0.2) is 18.9 Å². The number of ether oxygens (including phenoxy) is 1. The first kappa shape index (κ1) is 14.5. The van der Waals surface area contributed by atoms with E-state index in [-0.39, 0.29) is 5.97 Å². The molecule has 2 rings (SSSR count). The van der Waals surface area contributed by atoms with Crippen LogP contribution in [0, 0.1) is 11.8 Å². The van der Waals surface area contributed by atoms with Gasteiger partial charge in [0, 0.05) is 16.7 Å². The van der Waals surface area contributed by atoms with Gasteiger partial charge >= 0.3 is 5.97 Å². The Morgan fingerprint density at radius 3 is 2.00 bits per heavy atom. The normalized spacial score (nSPS) is 9.38. The Hall–Kier alpha value is -2.86. The van der Waals surface area contributed by atoms with Gasteiger partial charge in [-0.2, -0.15) is 0 Å². The molecular formula is C18H14O3. The number of esters is 1. The van der Waals surface area contributed by atoms with Crippen molar-refractivity contribution < 1.29 is 14.3 Å². The van der Waals surface area contributed by atoms with Gasteiger partial charge in [-0.15, -0.1) is 0 Å². The van der Waals surface area contributed by atoms with Gasteiger partial charge in [-0.25, -0.2) is 4.79 Å². The summed E-state index contributed by atoms with van der Waals surface area (Å²) in [5.74, 6) is 5.68. The molecule has 0 saturated carbocycles. The third-order valence-electron chi connectivity index (χ3n) is 2.79. The minimum Gasteiger partial charge on any atom is -0.462 e. The standard InChI is InChI=1S/C18H14O3/c1-2-21-18(20)17-11-9-15(10-12-17)4-3-14-5-7-16(13-19)8-6-14/h5-13H,2H2,1H3. The van der Waals surface area contributed by atoms with E-state index in [0.29, 0.717) is 17.7 Å². The highest BCUT2D eigenvalue weighted by Crippen LogP contribution is 2.06. The topological polar surface area (TPSA) is 43.4 Å². The number of aldehydes is 1. The van der Waals surface area contributed by atoms with Gasteiger partial charge in [0.05, 0.1) is 12.2 Å². The average molecular weight is 278 g/mol. The van der Waals surface area contributed by atoms with E-state index in [1.807, 2.05) is 0 Å². The van der Waals surface area contributed by atoms with Crippen LogP contribution >= 0.6 is 0 Å². The monoisotopic (exact) mass is 278 g/mol. The first-order chi connectivity index (χ1) is 10.2. The summed E-state index contributed by atoms with van der Waals surface area (Å²) in [5, 5.41) is 0. The van der Waals surface area contributed by atoms with Gasteiger partial charge < -0.3 is 4.74 Å². The molecule has 0 fully saturated rings. The molecule has 0 aromatic heterocycles. The number of carbonyl (C=O) groups excluding carboxylic acids is 2. The Labute approximate surface area is 123 Å². The number of rotatable bonds is 3. The Morgan fingerprint density at radius 1 is 1.00 bits per heavy atom. The Balaban J connectivity index is 2.11. The van der Waals surface area contributed by atoms with Crippen LogP contribution in [0.4, 0.5) is 0 Å². The zero-order valence-corrected chi connectivity index (χ0v) is 11.6. The molecule has 2 aromatic rings. The molecule has 0 amide bonds. The van der Waals surface area contributed by atoms with E-state index in [0.717, 1.165) is 17.4 Å².